The summed E-state index contributed by atoms with van der Waals surface area (Å²) in [6.07, 6.45) is 4.29. The Kier molecular flexibility index (Phi) is 6.44. The van der Waals surface area contributed by atoms with Crippen molar-refractivity contribution < 1.29 is 18.0 Å². The molecule has 0 radical (unpaired) electrons. The van der Waals surface area contributed by atoms with Crippen LogP contribution in [-0.4, -0.2) is 57.7 Å². The predicted molar refractivity (Wildman–Crippen MR) is 96.2 cm³/mol. The van der Waals surface area contributed by atoms with E-state index >= 15 is 0 Å². The largest absolute Gasteiger partial charge is 0.435 e. The smallest absolute Gasteiger partial charge is 0.339 e. The zero-order valence-electron chi connectivity index (χ0n) is 15.9. The van der Waals surface area contributed by atoms with Gasteiger partial charge in [-0.1, -0.05) is 19.3 Å². The Labute approximate surface area is 158 Å². The van der Waals surface area contributed by atoms with Crippen LogP contribution in [0.3, 0.4) is 0 Å². The molecule has 1 aliphatic heterocycles. The lowest BCUT2D eigenvalue weighted by atomic mass is 9.94. The third-order valence-electron chi connectivity index (χ3n) is 5.87. The highest BCUT2D eigenvalue weighted by Crippen LogP contribution is 2.30. The molecule has 0 aromatic carbocycles. The third-order valence-corrected chi connectivity index (χ3v) is 5.87. The van der Waals surface area contributed by atoms with Crippen LogP contribution in [0.4, 0.5) is 13.2 Å². The van der Waals surface area contributed by atoms with E-state index < -0.39 is 11.9 Å². The van der Waals surface area contributed by atoms with Gasteiger partial charge < -0.3 is 4.90 Å². The standard InChI is InChI=1S/C19H29F3N4O/c1-2-25(15-6-4-3-5-7-15)18(27)14-24-11-8-16(9-12-24)26-13-10-17(23-26)19(20,21)22/h10,13,15-16H,2-9,11-12,14H2,1H3. The monoisotopic (exact) mass is 386 g/mol. The van der Waals surface area contributed by atoms with Crippen LogP contribution in [0, 0.1) is 0 Å². The Morgan fingerprint density at radius 2 is 1.85 bits per heavy atom. The first-order chi connectivity index (χ1) is 12.9. The first kappa shape index (κ1) is 20.2. The molecule has 1 saturated carbocycles. The van der Waals surface area contributed by atoms with Crippen LogP contribution in [0.5, 0.6) is 0 Å². The molecule has 1 aromatic rings. The summed E-state index contributed by atoms with van der Waals surface area (Å²) in [5.41, 5.74) is -0.842. The van der Waals surface area contributed by atoms with Crippen molar-refractivity contribution in [2.24, 2.45) is 0 Å². The third kappa shape index (κ3) is 5.03. The minimum atomic E-state index is -4.40. The molecule has 8 heteroatoms. The SMILES string of the molecule is CCN(C(=O)CN1CCC(n2ccc(C(F)(F)F)n2)CC1)C1CCCCC1. The molecule has 0 unspecified atom stereocenters. The van der Waals surface area contributed by atoms with Gasteiger partial charge in [0, 0.05) is 31.9 Å². The number of likely N-dealkylation sites (tertiary alicyclic amines) is 1. The summed E-state index contributed by atoms with van der Waals surface area (Å²) in [6.45, 7) is 4.60. The summed E-state index contributed by atoms with van der Waals surface area (Å²) in [6, 6.07) is 1.37. The molecule has 0 bridgehead atoms. The fourth-order valence-electron chi connectivity index (χ4n) is 4.35. The molecule has 1 amide bonds. The number of hydrogen-bond acceptors (Lipinski definition) is 3. The molecule has 152 valence electrons. The van der Waals surface area contributed by atoms with Gasteiger partial charge in [0.15, 0.2) is 5.69 Å². The number of likely N-dealkylation sites (N-methyl/N-ethyl adjacent to an activating group) is 1. The fraction of sp³-hybridized carbons (Fsp3) is 0.789. The van der Waals surface area contributed by atoms with Crippen molar-refractivity contribution in [3.05, 3.63) is 18.0 Å². The van der Waals surface area contributed by atoms with Crippen LogP contribution in [0.25, 0.3) is 0 Å². The summed E-state index contributed by atoms with van der Waals surface area (Å²) >= 11 is 0. The van der Waals surface area contributed by atoms with Gasteiger partial charge in [0.2, 0.25) is 5.91 Å². The number of halogens is 3. The molecule has 2 aliphatic rings. The Morgan fingerprint density at radius 1 is 1.19 bits per heavy atom. The maximum Gasteiger partial charge on any atom is 0.435 e. The van der Waals surface area contributed by atoms with E-state index in [2.05, 4.69) is 10.00 Å². The van der Waals surface area contributed by atoms with Crippen molar-refractivity contribution >= 4 is 5.91 Å². The molecular weight excluding hydrogens is 357 g/mol. The molecule has 0 N–H and O–H groups in total. The lowest BCUT2D eigenvalue weighted by molar-refractivity contribution is -0.141. The first-order valence-electron chi connectivity index (χ1n) is 10.0. The zero-order valence-corrected chi connectivity index (χ0v) is 15.9. The molecule has 27 heavy (non-hydrogen) atoms. The summed E-state index contributed by atoms with van der Waals surface area (Å²) in [7, 11) is 0. The maximum absolute atomic E-state index is 12.7. The zero-order chi connectivity index (χ0) is 19.4. The number of nitrogens with zero attached hydrogens (tertiary/aromatic N) is 4. The molecule has 2 fully saturated rings. The van der Waals surface area contributed by atoms with Crippen molar-refractivity contribution in [2.45, 2.75) is 70.1 Å². The highest BCUT2D eigenvalue weighted by molar-refractivity contribution is 5.78. The Bertz CT molecular complexity index is 617. The summed E-state index contributed by atoms with van der Waals surface area (Å²) < 4.78 is 39.6. The fourth-order valence-corrected chi connectivity index (χ4v) is 4.35. The van der Waals surface area contributed by atoms with Gasteiger partial charge >= 0.3 is 6.18 Å². The normalized spacial score (nSPS) is 20.7. The molecule has 1 saturated heterocycles. The van der Waals surface area contributed by atoms with Crippen molar-refractivity contribution in [3.63, 3.8) is 0 Å². The van der Waals surface area contributed by atoms with Crippen LogP contribution >= 0.6 is 0 Å². The second-order valence-electron chi connectivity index (χ2n) is 7.66. The van der Waals surface area contributed by atoms with E-state index in [-0.39, 0.29) is 11.9 Å². The van der Waals surface area contributed by atoms with Crippen LogP contribution in [-0.2, 0) is 11.0 Å². The molecule has 1 aromatic heterocycles. The first-order valence-corrected chi connectivity index (χ1v) is 10.0. The lowest BCUT2D eigenvalue weighted by Gasteiger charge is -2.37. The number of aromatic nitrogens is 2. The van der Waals surface area contributed by atoms with Gasteiger partial charge in [-0.2, -0.15) is 18.3 Å². The van der Waals surface area contributed by atoms with Crippen molar-refractivity contribution in [1.29, 1.82) is 0 Å². The molecule has 0 atom stereocenters. The van der Waals surface area contributed by atoms with Gasteiger partial charge in [-0.25, -0.2) is 0 Å². The number of hydrogen-bond donors (Lipinski definition) is 0. The number of alkyl halides is 3. The average Bonchev–Trinajstić information content (AvgIpc) is 3.14. The number of carbonyl (C=O) groups excluding carboxylic acids is 1. The Morgan fingerprint density at radius 3 is 2.41 bits per heavy atom. The van der Waals surface area contributed by atoms with Crippen LogP contribution < -0.4 is 0 Å². The molecule has 3 rings (SSSR count). The Hall–Kier alpha value is -1.57. The van der Waals surface area contributed by atoms with Gasteiger partial charge in [0.1, 0.15) is 0 Å². The Balaban J connectivity index is 1.50. The molecule has 0 spiro atoms. The van der Waals surface area contributed by atoms with Crippen LogP contribution in [0.2, 0.25) is 0 Å². The molecule has 1 aliphatic carbocycles. The van der Waals surface area contributed by atoms with E-state index in [1.165, 1.54) is 30.1 Å². The second kappa shape index (κ2) is 8.63. The number of piperidine rings is 1. The van der Waals surface area contributed by atoms with Gasteiger partial charge in [0.05, 0.1) is 12.6 Å². The highest BCUT2D eigenvalue weighted by atomic mass is 19.4. The number of carbonyl (C=O) groups is 1. The maximum atomic E-state index is 12.7. The van der Waals surface area contributed by atoms with E-state index in [0.29, 0.717) is 38.5 Å². The summed E-state index contributed by atoms with van der Waals surface area (Å²) in [4.78, 5) is 16.9. The minimum Gasteiger partial charge on any atom is -0.339 e. The minimum absolute atomic E-state index is 0.0342. The van der Waals surface area contributed by atoms with E-state index in [9.17, 15) is 18.0 Å². The quantitative estimate of drug-likeness (QED) is 0.775. The van der Waals surface area contributed by atoms with E-state index in [1.54, 1.807) is 0 Å². The number of amides is 1. The van der Waals surface area contributed by atoms with Gasteiger partial charge in [0.25, 0.3) is 0 Å². The summed E-state index contributed by atoms with van der Waals surface area (Å²) in [5.74, 6) is 0.182. The topological polar surface area (TPSA) is 41.4 Å². The lowest BCUT2D eigenvalue weighted by Crippen LogP contribution is -2.47. The molecule has 2 heterocycles. The second-order valence-corrected chi connectivity index (χ2v) is 7.66. The molecule has 5 nitrogen and oxygen atoms in total. The van der Waals surface area contributed by atoms with Gasteiger partial charge in [-0.3, -0.25) is 14.4 Å². The average molecular weight is 386 g/mol. The van der Waals surface area contributed by atoms with Crippen LogP contribution in [0.1, 0.15) is 63.6 Å². The number of rotatable bonds is 5. The van der Waals surface area contributed by atoms with E-state index in [4.69, 9.17) is 0 Å². The van der Waals surface area contributed by atoms with E-state index in [0.717, 1.165) is 25.5 Å². The van der Waals surface area contributed by atoms with Crippen molar-refractivity contribution in [2.75, 3.05) is 26.2 Å². The summed E-state index contributed by atoms with van der Waals surface area (Å²) in [5, 5.41) is 3.69. The van der Waals surface area contributed by atoms with E-state index in [1.807, 2.05) is 11.8 Å². The van der Waals surface area contributed by atoms with Crippen molar-refractivity contribution in [3.8, 4) is 0 Å². The molecular formula is C19H29F3N4O. The van der Waals surface area contributed by atoms with Gasteiger partial charge in [-0.15, -0.1) is 0 Å². The highest BCUT2D eigenvalue weighted by Gasteiger charge is 2.34. The van der Waals surface area contributed by atoms with Crippen molar-refractivity contribution in [1.82, 2.24) is 19.6 Å². The van der Waals surface area contributed by atoms with Gasteiger partial charge in [-0.05, 0) is 38.7 Å². The van der Waals surface area contributed by atoms with Crippen LogP contribution in [0.15, 0.2) is 12.3 Å². The predicted octanol–water partition coefficient (Wildman–Crippen LogP) is 3.72.